The van der Waals surface area contributed by atoms with Gasteiger partial charge in [0.1, 0.15) is 5.75 Å². The van der Waals surface area contributed by atoms with Crippen LogP contribution in [0.1, 0.15) is 29.9 Å². The van der Waals surface area contributed by atoms with Crippen molar-refractivity contribution in [2.45, 2.75) is 24.9 Å². The summed E-state index contributed by atoms with van der Waals surface area (Å²) in [6.45, 7) is 0.604. The number of para-hydroxylation sites is 1. The molecule has 7 heteroatoms. The lowest BCUT2D eigenvalue weighted by Gasteiger charge is -2.19. The molecule has 3 aromatic rings. The van der Waals surface area contributed by atoms with E-state index in [-0.39, 0.29) is 18.4 Å². The van der Waals surface area contributed by atoms with E-state index in [0.717, 1.165) is 34.2 Å². The first kappa shape index (κ1) is 20.9. The molecule has 1 amide bonds. The molecule has 0 spiro atoms. The van der Waals surface area contributed by atoms with Crippen LogP contribution in [-0.2, 0) is 19.1 Å². The lowest BCUT2D eigenvalue weighted by Crippen LogP contribution is -2.34. The van der Waals surface area contributed by atoms with E-state index >= 15 is 0 Å². The van der Waals surface area contributed by atoms with Crippen molar-refractivity contribution in [3.8, 4) is 5.75 Å². The molecule has 0 aliphatic carbocycles. The number of fused-ring (bicyclic) bond motifs is 1. The first-order valence-electron chi connectivity index (χ1n) is 10.4. The van der Waals surface area contributed by atoms with Crippen LogP contribution in [-0.4, -0.2) is 49.8 Å². The highest BCUT2D eigenvalue weighted by Gasteiger charge is 2.26. The average Bonchev–Trinajstić information content (AvgIpc) is 3.49. The van der Waals surface area contributed by atoms with Crippen LogP contribution in [0.2, 0.25) is 0 Å². The van der Waals surface area contributed by atoms with Crippen molar-refractivity contribution in [1.29, 1.82) is 0 Å². The summed E-state index contributed by atoms with van der Waals surface area (Å²) in [4.78, 5) is 27.6. The zero-order valence-electron chi connectivity index (χ0n) is 17.4. The summed E-state index contributed by atoms with van der Waals surface area (Å²) in [5.74, 6) is -0.132. The van der Waals surface area contributed by atoms with Crippen molar-refractivity contribution in [2.24, 2.45) is 0 Å². The number of hydrogen-bond donors (Lipinski definition) is 2. The van der Waals surface area contributed by atoms with Crippen molar-refractivity contribution in [3.05, 3.63) is 65.9 Å². The molecule has 0 unspecified atom stereocenters. The molecule has 2 N–H and O–H groups in total. The number of esters is 1. The van der Waals surface area contributed by atoms with E-state index in [2.05, 4.69) is 16.4 Å². The summed E-state index contributed by atoms with van der Waals surface area (Å²) in [6, 6.07) is 15.9. The Morgan fingerprint density at radius 2 is 2.00 bits per heavy atom. The maximum atomic E-state index is 12.4. The Kier molecular flexibility index (Phi) is 6.52. The van der Waals surface area contributed by atoms with Gasteiger partial charge >= 0.3 is 5.97 Å². The molecule has 2 atom stereocenters. The number of ether oxygens (including phenoxy) is 3. The number of aromatic nitrogens is 1. The lowest BCUT2D eigenvalue weighted by atomic mass is 9.91. The molecule has 162 valence electrons. The number of carbonyl (C=O) groups is 2. The Morgan fingerprint density at radius 1 is 1.19 bits per heavy atom. The van der Waals surface area contributed by atoms with Crippen molar-refractivity contribution < 1.29 is 23.8 Å². The van der Waals surface area contributed by atoms with E-state index in [1.165, 1.54) is 0 Å². The molecular formula is C24H26N2O5. The number of benzene rings is 2. The maximum Gasteiger partial charge on any atom is 0.335 e. The number of carbonyl (C=O) groups excluding carboxylic acids is 2. The first-order valence-corrected chi connectivity index (χ1v) is 10.4. The summed E-state index contributed by atoms with van der Waals surface area (Å²) < 4.78 is 15.7. The van der Waals surface area contributed by atoms with E-state index in [9.17, 15) is 9.59 Å². The van der Waals surface area contributed by atoms with Gasteiger partial charge in [-0.05, 0) is 42.2 Å². The zero-order valence-corrected chi connectivity index (χ0v) is 17.4. The molecule has 4 rings (SSSR count). The molecule has 1 saturated heterocycles. The van der Waals surface area contributed by atoms with E-state index in [1.807, 2.05) is 48.7 Å². The fourth-order valence-electron chi connectivity index (χ4n) is 3.89. The predicted molar refractivity (Wildman–Crippen MR) is 116 cm³/mol. The summed E-state index contributed by atoms with van der Waals surface area (Å²) in [5.41, 5.74) is 3.16. The standard InChI is InChI=1S/C24H26N2O5/c1-29-17-10-8-16(9-11-17)19(20-14-25-21-6-3-2-5-18(20)21)13-26-23(27)15-31-24(28)22-7-4-12-30-22/h2-3,5-6,8-11,14,19,22,25H,4,7,12-13,15H2,1H3,(H,26,27)/t19-,22-/m0/s1. The van der Waals surface area contributed by atoms with Crippen LogP contribution < -0.4 is 10.1 Å². The van der Waals surface area contributed by atoms with Crippen LogP contribution in [0.25, 0.3) is 10.9 Å². The minimum Gasteiger partial charge on any atom is -0.497 e. The molecule has 1 aliphatic heterocycles. The van der Waals surface area contributed by atoms with Gasteiger partial charge in [-0.1, -0.05) is 30.3 Å². The van der Waals surface area contributed by atoms with E-state index in [0.29, 0.717) is 19.6 Å². The number of H-pyrrole nitrogens is 1. The Morgan fingerprint density at radius 3 is 2.74 bits per heavy atom. The summed E-state index contributed by atoms with van der Waals surface area (Å²) in [6.07, 6.45) is 2.90. The fourth-order valence-corrected chi connectivity index (χ4v) is 3.89. The Hall–Kier alpha value is -3.32. The molecule has 1 aromatic heterocycles. The first-order chi connectivity index (χ1) is 15.2. The normalized spacial score (nSPS) is 16.7. The van der Waals surface area contributed by atoms with Gasteiger partial charge in [0.05, 0.1) is 7.11 Å². The SMILES string of the molecule is COc1ccc([C@H](CNC(=O)COC(=O)[C@@H]2CCCO2)c2c[nH]c3ccccc23)cc1. The molecule has 1 fully saturated rings. The van der Waals surface area contributed by atoms with Gasteiger partial charge in [-0.3, -0.25) is 4.79 Å². The second-order valence-corrected chi connectivity index (χ2v) is 7.53. The summed E-state index contributed by atoms with van der Waals surface area (Å²) >= 11 is 0. The van der Waals surface area contributed by atoms with Gasteiger partial charge < -0.3 is 24.5 Å². The molecule has 0 bridgehead atoms. The van der Waals surface area contributed by atoms with Gasteiger partial charge in [0.15, 0.2) is 12.7 Å². The molecule has 0 radical (unpaired) electrons. The van der Waals surface area contributed by atoms with Gasteiger partial charge in [-0.2, -0.15) is 0 Å². The second kappa shape index (κ2) is 9.66. The molecule has 2 aromatic carbocycles. The molecule has 1 aliphatic rings. The highest BCUT2D eigenvalue weighted by molar-refractivity contribution is 5.85. The van der Waals surface area contributed by atoms with Gasteiger partial charge in [0.2, 0.25) is 0 Å². The molecular weight excluding hydrogens is 396 g/mol. The third kappa shape index (κ3) is 4.88. The molecule has 2 heterocycles. The van der Waals surface area contributed by atoms with E-state index in [1.54, 1.807) is 7.11 Å². The smallest absolute Gasteiger partial charge is 0.335 e. The quantitative estimate of drug-likeness (QED) is 0.545. The summed E-state index contributed by atoms with van der Waals surface area (Å²) in [7, 11) is 1.63. The third-order valence-corrected chi connectivity index (χ3v) is 5.56. The Labute approximate surface area is 180 Å². The molecule has 7 nitrogen and oxygen atoms in total. The number of nitrogens with one attached hydrogen (secondary N) is 2. The maximum absolute atomic E-state index is 12.4. The van der Waals surface area contributed by atoms with Crippen molar-refractivity contribution >= 4 is 22.8 Å². The Balaban J connectivity index is 1.46. The van der Waals surface area contributed by atoms with Crippen LogP contribution in [0.3, 0.4) is 0 Å². The van der Waals surface area contributed by atoms with Crippen LogP contribution in [0.4, 0.5) is 0 Å². The van der Waals surface area contributed by atoms with Crippen LogP contribution in [0.5, 0.6) is 5.75 Å². The fraction of sp³-hybridized carbons (Fsp3) is 0.333. The minimum atomic E-state index is -0.550. The zero-order chi connectivity index (χ0) is 21.6. The van der Waals surface area contributed by atoms with Crippen molar-refractivity contribution in [1.82, 2.24) is 10.3 Å². The summed E-state index contributed by atoms with van der Waals surface area (Å²) in [5, 5.41) is 4.01. The number of rotatable bonds is 8. The van der Waals surface area contributed by atoms with Gasteiger partial charge in [-0.25, -0.2) is 4.79 Å². The van der Waals surface area contributed by atoms with Crippen molar-refractivity contribution in [3.63, 3.8) is 0 Å². The highest BCUT2D eigenvalue weighted by Crippen LogP contribution is 2.31. The second-order valence-electron chi connectivity index (χ2n) is 7.53. The topological polar surface area (TPSA) is 89.7 Å². The number of aromatic amines is 1. The van der Waals surface area contributed by atoms with Gasteiger partial charge in [0.25, 0.3) is 5.91 Å². The molecule has 0 saturated carbocycles. The number of hydrogen-bond acceptors (Lipinski definition) is 5. The van der Waals surface area contributed by atoms with Crippen LogP contribution >= 0.6 is 0 Å². The van der Waals surface area contributed by atoms with E-state index in [4.69, 9.17) is 14.2 Å². The third-order valence-electron chi connectivity index (χ3n) is 5.56. The largest absolute Gasteiger partial charge is 0.497 e. The van der Waals surface area contributed by atoms with Crippen LogP contribution in [0, 0.1) is 0 Å². The number of amides is 1. The van der Waals surface area contributed by atoms with Gasteiger partial charge in [-0.15, -0.1) is 0 Å². The van der Waals surface area contributed by atoms with Crippen LogP contribution in [0.15, 0.2) is 54.7 Å². The van der Waals surface area contributed by atoms with Crippen molar-refractivity contribution in [2.75, 3.05) is 26.9 Å². The van der Waals surface area contributed by atoms with Gasteiger partial charge in [0, 0.05) is 36.2 Å². The van der Waals surface area contributed by atoms with E-state index < -0.39 is 12.1 Å². The predicted octanol–water partition coefficient (Wildman–Crippen LogP) is 3.15. The number of methoxy groups -OCH3 is 1. The molecule has 31 heavy (non-hydrogen) atoms. The minimum absolute atomic E-state index is 0.0835. The highest BCUT2D eigenvalue weighted by atomic mass is 16.6. The average molecular weight is 422 g/mol. The lowest BCUT2D eigenvalue weighted by molar-refractivity contribution is -0.157. The Bertz CT molecular complexity index is 1040. The monoisotopic (exact) mass is 422 g/mol.